The average Bonchev–Trinajstić information content (AvgIpc) is 3.04. The van der Waals surface area contributed by atoms with Crippen LogP contribution in [0.25, 0.3) is 21.6 Å². The molecule has 1 aliphatic heterocycles. The van der Waals surface area contributed by atoms with Gasteiger partial charge >= 0.3 is 0 Å². The Bertz CT molecular complexity index is 811. The van der Waals surface area contributed by atoms with E-state index in [9.17, 15) is 20.1 Å². The smallest absolute Gasteiger partial charge is 0.278 e. The van der Waals surface area contributed by atoms with Crippen LogP contribution in [-0.4, -0.2) is 59.4 Å². The minimum Gasteiger partial charge on any atom is -0.393 e. The van der Waals surface area contributed by atoms with E-state index in [2.05, 4.69) is 25.0 Å². The third kappa shape index (κ3) is 1.87. The fraction of sp³-hybridized carbons (Fsp3) is 0.500. The summed E-state index contributed by atoms with van der Waals surface area (Å²) in [6.07, 6.45) is -2.11. The van der Waals surface area contributed by atoms with Crippen LogP contribution in [0.1, 0.15) is 6.23 Å². The summed E-state index contributed by atoms with van der Waals surface area (Å²) in [5, 5.41) is 32.7. The highest BCUT2D eigenvalue weighted by atomic mass is 16.6. The molecule has 0 saturated carbocycles. The van der Waals surface area contributed by atoms with Crippen LogP contribution in [0.5, 0.6) is 0 Å². The number of aliphatic hydroxyl groups excluding tert-OH is 3. The fourth-order valence-electron chi connectivity index (χ4n) is 2.36. The van der Waals surface area contributed by atoms with Gasteiger partial charge in [0, 0.05) is 4.91 Å². The molecule has 1 fully saturated rings. The van der Waals surface area contributed by atoms with E-state index in [1.165, 1.54) is 10.9 Å². The zero-order chi connectivity index (χ0) is 15.9. The second-order valence-corrected chi connectivity index (χ2v) is 4.69. The van der Waals surface area contributed by atoms with Gasteiger partial charge in [0.15, 0.2) is 17.4 Å². The van der Waals surface area contributed by atoms with Crippen molar-refractivity contribution in [1.82, 2.24) is 19.5 Å². The molecule has 0 spiro atoms. The van der Waals surface area contributed by atoms with Crippen LogP contribution in [-0.2, 0) is 4.74 Å². The van der Waals surface area contributed by atoms with Crippen LogP contribution in [0.4, 0.5) is 0 Å². The Morgan fingerprint density at radius 2 is 2.32 bits per heavy atom. The zero-order valence-corrected chi connectivity index (χ0v) is 10.9. The molecule has 3 rings (SSSR count). The van der Waals surface area contributed by atoms with Crippen molar-refractivity contribution in [3.63, 3.8) is 0 Å². The van der Waals surface area contributed by atoms with Crippen LogP contribution in [0.2, 0.25) is 0 Å². The SMILES string of the molecule is [N-]=[N+]=NC1(CO)O[C@@H](n2cnc3c(=O)[nH]cnc32)[C@H](O)[C@@H]1O. The topological polar surface area (TPSA) is 182 Å². The number of nitrogens with one attached hydrogen (secondary N) is 1. The largest absolute Gasteiger partial charge is 0.393 e. The highest BCUT2D eigenvalue weighted by Crippen LogP contribution is 2.38. The molecule has 1 aliphatic rings. The van der Waals surface area contributed by atoms with Crippen molar-refractivity contribution in [3.05, 3.63) is 33.5 Å². The van der Waals surface area contributed by atoms with Crippen molar-refractivity contribution in [1.29, 1.82) is 0 Å². The predicted octanol–water partition coefficient (Wildman–Crippen LogP) is -1.63. The normalized spacial score (nSPS) is 31.3. The van der Waals surface area contributed by atoms with Gasteiger partial charge in [-0.05, 0) is 5.53 Å². The summed E-state index contributed by atoms with van der Waals surface area (Å²) < 4.78 is 6.57. The van der Waals surface area contributed by atoms with E-state index >= 15 is 0 Å². The molecule has 4 atom stereocenters. The Kier molecular flexibility index (Phi) is 3.31. The Hall–Kier alpha value is -2.50. The van der Waals surface area contributed by atoms with E-state index in [0.717, 1.165) is 6.33 Å². The summed E-state index contributed by atoms with van der Waals surface area (Å²) in [7, 11) is 0. The van der Waals surface area contributed by atoms with Gasteiger partial charge < -0.3 is 25.0 Å². The van der Waals surface area contributed by atoms with Crippen molar-refractivity contribution in [2.45, 2.75) is 24.2 Å². The first-order valence-electron chi connectivity index (χ1n) is 6.15. The van der Waals surface area contributed by atoms with Gasteiger partial charge in [-0.3, -0.25) is 9.36 Å². The number of H-pyrrole nitrogens is 1. The summed E-state index contributed by atoms with van der Waals surface area (Å²) in [6.45, 7) is -0.841. The number of rotatable bonds is 3. The number of imidazole rings is 1. The van der Waals surface area contributed by atoms with Crippen molar-refractivity contribution in [2.75, 3.05) is 6.61 Å². The number of fused-ring (bicyclic) bond motifs is 1. The molecule has 2 aromatic heterocycles. The summed E-state index contributed by atoms with van der Waals surface area (Å²) in [6, 6.07) is 0. The number of ether oxygens (including phenoxy) is 1. The Balaban J connectivity index is 2.10. The van der Waals surface area contributed by atoms with Gasteiger partial charge in [0.1, 0.15) is 12.2 Å². The second-order valence-electron chi connectivity index (χ2n) is 4.69. The van der Waals surface area contributed by atoms with Gasteiger partial charge in [-0.2, -0.15) is 0 Å². The first-order chi connectivity index (χ1) is 10.5. The minimum atomic E-state index is -2.03. The van der Waals surface area contributed by atoms with Crippen LogP contribution in [0.15, 0.2) is 22.6 Å². The average molecular weight is 309 g/mol. The maximum Gasteiger partial charge on any atom is 0.278 e. The lowest BCUT2D eigenvalue weighted by Gasteiger charge is -2.23. The molecule has 2 aromatic rings. The first kappa shape index (κ1) is 14.4. The van der Waals surface area contributed by atoms with Gasteiger partial charge in [-0.25, -0.2) is 9.97 Å². The van der Waals surface area contributed by atoms with Gasteiger partial charge in [0.2, 0.25) is 5.72 Å². The van der Waals surface area contributed by atoms with E-state index in [-0.39, 0.29) is 11.2 Å². The van der Waals surface area contributed by atoms with Gasteiger partial charge in [0.25, 0.3) is 5.56 Å². The summed E-state index contributed by atoms with van der Waals surface area (Å²) in [5.41, 5.74) is 6.15. The maximum atomic E-state index is 11.6. The van der Waals surface area contributed by atoms with Crippen LogP contribution < -0.4 is 5.56 Å². The molecule has 0 aliphatic carbocycles. The summed E-state index contributed by atoms with van der Waals surface area (Å²) >= 11 is 0. The van der Waals surface area contributed by atoms with Gasteiger partial charge in [0.05, 0.1) is 19.3 Å². The fourth-order valence-corrected chi connectivity index (χ4v) is 2.36. The highest BCUT2D eigenvalue weighted by molar-refractivity contribution is 5.68. The minimum absolute atomic E-state index is 0.0121. The van der Waals surface area contributed by atoms with Crippen LogP contribution >= 0.6 is 0 Å². The second kappa shape index (κ2) is 5.05. The van der Waals surface area contributed by atoms with Crippen LogP contribution in [0, 0.1) is 0 Å². The Morgan fingerprint density at radius 3 is 3.00 bits per heavy atom. The third-order valence-corrected chi connectivity index (χ3v) is 3.48. The molecule has 116 valence electrons. The summed E-state index contributed by atoms with van der Waals surface area (Å²) in [5.74, 6) is 0. The van der Waals surface area contributed by atoms with Crippen molar-refractivity contribution >= 4 is 11.2 Å². The molecule has 3 heterocycles. The lowest BCUT2D eigenvalue weighted by molar-refractivity contribution is -0.123. The number of azide groups is 1. The number of aliphatic hydroxyl groups is 3. The van der Waals surface area contributed by atoms with E-state index < -0.39 is 36.3 Å². The summed E-state index contributed by atoms with van der Waals surface area (Å²) in [4.78, 5) is 24.3. The van der Waals surface area contributed by atoms with E-state index in [1.54, 1.807) is 0 Å². The van der Waals surface area contributed by atoms with E-state index in [0.29, 0.717) is 0 Å². The number of hydrogen-bond acceptors (Lipinski definition) is 8. The van der Waals surface area contributed by atoms with Crippen LogP contribution in [0.3, 0.4) is 0 Å². The molecule has 0 bridgehead atoms. The molecular formula is C10H11N7O5. The molecule has 0 aromatic carbocycles. The van der Waals surface area contributed by atoms with Crippen molar-refractivity contribution in [3.8, 4) is 0 Å². The van der Waals surface area contributed by atoms with E-state index in [1.807, 2.05) is 0 Å². The molecule has 12 nitrogen and oxygen atoms in total. The van der Waals surface area contributed by atoms with Crippen molar-refractivity contribution in [2.24, 2.45) is 5.11 Å². The Morgan fingerprint density at radius 1 is 1.55 bits per heavy atom. The third-order valence-electron chi connectivity index (χ3n) is 3.48. The van der Waals surface area contributed by atoms with Crippen molar-refractivity contribution < 1.29 is 20.1 Å². The van der Waals surface area contributed by atoms with E-state index in [4.69, 9.17) is 10.3 Å². The quantitative estimate of drug-likeness (QED) is 0.298. The predicted molar refractivity (Wildman–Crippen MR) is 69.2 cm³/mol. The molecule has 0 amide bonds. The Labute approximate surface area is 121 Å². The zero-order valence-electron chi connectivity index (χ0n) is 10.9. The molecule has 1 unspecified atom stereocenters. The molecule has 4 N–H and O–H groups in total. The lowest BCUT2D eigenvalue weighted by atomic mass is 10.1. The first-order valence-corrected chi connectivity index (χ1v) is 6.15. The molecule has 0 radical (unpaired) electrons. The molecule has 22 heavy (non-hydrogen) atoms. The number of aromatic nitrogens is 4. The standard InChI is InChI=1S/C10H11N7O5/c11-16-15-10(1-18)6(20)5(19)9(22-10)17-3-14-4-7(17)12-2-13-8(4)21/h2-3,5-6,9,18-20H,1H2,(H,12,13,21)/t5-,6+,9-,10?/m1/s1. The number of aromatic amines is 1. The monoisotopic (exact) mass is 309 g/mol. The molecule has 1 saturated heterocycles. The molecular weight excluding hydrogens is 298 g/mol. The number of nitrogens with zero attached hydrogens (tertiary/aromatic N) is 6. The van der Waals surface area contributed by atoms with Gasteiger partial charge in [-0.1, -0.05) is 5.11 Å². The maximum absolute atomic E-state index is 11.6. The highest BCUT2D eigenvalue weighted by Gasteiger charge is 2.55. The van der Waals surface area contributed by atoms with Gasteiger partial charge in [-0.15, -0.1) is 0 Å². The lowest BCUT2D eigenvalue weighted by Crippen LogP contribution is -2.44. The number of hydrogen-bond donors (Lipinski definition) is 4. The molecule has 12 heteroatoms.